The molecule has 2 unspecified atom stereocenters. The first kappa shape index (κ1) is 23.4. The Hall–Kier alpha value is -3.31. The molecule has 0 bridgehead atoms. The average molecular weight is 463 g/mol. The molecule has 1 fully saturated rings. The molecule has 1 saturated heterocycles. The van der Waals surface area contributed by atoms with Crippen molar-refractivity contribution in [3.63, 3.8) is 0 Å². The molecule has 0 aromatic heterocycles. The van der Waals surface area contributed by atoms with Crippen LogP contribution in [0.4, 0.5) is 9.18 Å². The number of halogens is 1. The molecule has 9 nitrogen and oxygen atoms in total. The quantitative estimate of drug-likeness (QED) is 0.628. The van der Waals surface area contributed by atoms with E-state index in [0.29, 0.717) is 11.1 Å². The molecule has 3 rings (SSSR count). The Morgan fingerprint density at radius 2 is 1.84 bits per heavy atom. The second-order valence-corrected chi connectivity index (χ2v) is 9.31. The van der Waals surface area contributed by atoms with Gasteiger partial charge in [-0.05, 0) is 49.2 Å². The third-order valence-electron chi connectivity index (χ3n) is 5.63. The molecular weight excluding hydrogens is 439 g/mol. The van der Waals surface area contributed by atoms with Gasteiger partial charge in [-0.1, -0.05) is 24.3 Å². The number of nitrogens with one attached hydrogen (secondary N) is 1. The highest BCUT2D eigenvalue weighted by molar-refractivity contribution is 7.89. The molecule has 1 aliphatic rings. The molecule has 0 spiro atoms. The van der Waals surface area contributed by atoms with Crippen molar-refractivity contribution in [3.05, 3.63) is 65.5 Å². The second-order valence-electron chi connectivity index (χ2n) is 7.75. The first-order chi connectivity index (χ1) is 14.8. The lowest BCUT2D eigenvalue weighted by Gasteiger charge is -2.27. The number of sulfonamides is 1. The van der Waals surface area contributed by atoms with Gasteiger partial charge in [-0.3, -0.25) is 14.5 Å². The SMILES string of the molecule is CC(c1cccc(S(N)(=O)=O)c1)N(C)C(=O)CN1C(=O)NC(C)(c2ccc(F)cc2)C1=O. The number of likely N-dealkylation sites (N-methyl/N-ethyl adjacent to an activating group) is 1. The van der Waals surface area contributed by atoms with Crippen LogP contribution in [0, 0.1) is 5.82 Å². The van der Waals surface area contributed by atoms with Gasteiger partial charge in [0.25, 0.3) is 5.91 Å². The van der Waals surface area contributed by atoms with Gasteiger partial charge >= 0.3 is 6.03 Å². The number of carbonyl (C=O) groups excluding carboxylic acids is 3. The lowest BCUT2D eigenvalue weighted by molar-refractivity contribution is -0.139. The summed E-state index contributed by atoms with van der Waals surface area (Å²) < 4.78 is 36.4. The molecule has 32 heavy (non-hydrogen) atoms. The first-order valence-corrected chi connectivity index (χ1v) is 11.2. The smallest absolute Gasteiger partial charge is 0.325 e. The lowest BCUT2D eigenvalue weighted by atomic mass is 9.92. The zero-order chi connectivity index (χ0) is 23.8. The molecule has 0 aliphatic carbocycles. The number of hydrogen-bond donors (Lipinski definition) is 2. The second kappa shape index (κ2) is 8.32. The lowest BCUT2D eigenvalue weighted by Crippen LogP contribution is -2.44. The summed E-state index contributed by atoms with van der Waals surface area (Å²) in [4.78, 5) is 40.3. The van der Waals surface area contributed by atoms with E-state index >= 15 is 0 Å². The van der Waals surface area contributed by atoms with Crippen molar-refractivity contribution in [2.45, 2.75) is 30.3 Å². The molecule has 0 radical (unpaired) electrons. The van der Waals surface area contributed by atoms with Crippen molar-refractivity contribution in [2.75, 3.05) is 13.6 Å². The van der Waals surface area contributed by atoms with Crippen molar-refractivity contribution in [1.29, 1.82) is 0 Å². The van der Waals surface area contributed by atoms with Crippen LogP contribution in [0.3, 0.4) is 0 Å². The number of urea groups is 1. The van der Waals surface area contributed by atoms with Crippen molar-refractivity contribution in [1.82, 2.24) is 15.1 Å². The zero-order valence-corrected chi connectivity index (χ0v) is 18.5. The Labute approximate surface area is 185 Å². The summed E-state index contributed by atoms with van der Waals surface area (Å²) in [6.45, 7) is 2.64. The molecular formula is C21H23FN4O5S. The minimum Gasteiger partial charge on any atom is -0.337 e. The fourth-order valence-electron chi connectivity index (χ4n) is 3.46. The number of amides is 4. The van der Waals surface area contributed by atoms with E-state index in [-0.39, 0.29) is 4.90 Å². The van der Waals surface area contributed by atoms with Crippen LogP contribution in [0.5, 0.6) is 0 Å². The Balaban J connectivity index is 1.77. The third kappa shape index (κ3) is 4.34. The summed E-state index contributed by atoms with van der Waals surface area (Å²) in [6, 6.07) is 9.70. The van der Waals surface area contributed by atoms with Gasteiger partial charge in [-0.25, -0.2) is 22.7 Å². The van der Waals surface area contributed by atoms with E-state index in [1.54, 1.807) is 13.0 Å². The summed E-state index contributed by atoms with van der Waals surface area (Å²) in [5.41, 5.74) is -0.534. The maximum absolute atomic E-state index is 13.2. The van der Waals surface area contributed by atoms with E-state index in [4.69, 9.17) is 5.14 Å². The van der Waals surface area contributed by atoms with Gasteiger partial charge in [-0.15, -0.1) is 0 Å². The van der Waals surface area contributed by atoms with Crippen molar-refractivity contribution in [2.24, 2.45) is 5.14 Å². The number of nitrogens with zero attached hydrogens (tertiary/aromatic N) is 2. The zero-order valence-electron chi connectivity index (χ0n) is 17.7. The third-order valence-corrected chi connectivity index (χ3v) is 6.54. The highest BCUT2D eigenvalue weighted by Crippen LogP contribution is 2.29. The van der Waals surface area contributed by atoms with Gasteiger partial charge in [0.2, 0.25) is 15.9 Å². The fraction of sp³-hybridized carbons (Fsp3) is 0.286. The Morgan fingerprint density at radius 3 is 2.44 bits per heavy atom. The van der Waals surface area contributed by atoms with E-state index in [2.05, 4.69) is 5.32 Å². The Bertz CT molecular complexity index is 1180. The molecule has 2 aromatic carbocycles. The Morgan fingerprint density at radius 1 is 1.22 bits per heavy atom. The van der Waals surface area contributed by atoms with Crippen LogP contribution in [0.15, 0.2) is 53.4 Å². The molecule has 0 saturated carbocycles. The number of rotatable bonds is 6. The number of carbonyl (C=O) groups is 3. The predicted octanol–water partition coefficient (Wildman–Crippen LogP) is 1.46. The van der Waals surface area contributed by atoms with Gasteiger partial charge in [0.1, 0.15) is 17.9 Å². The highest BCUT2D eigenvalue weighted by atomic mass is 32.2. The topological polar surface area (TPSA) is 130 Å². The standard InChI is InChI=1S/C21H23FN4O5S/c1-13(14-5-4-6-17(11-14)32(23,30)31)25(3)18(27)12-26-19(28)21(2,24-20(26)29)15-7-9-16(22)10-8-15/h4-11,13H,12H2,1-3H3,(H,24,29)(H2,23,30,31). The summed E-state index contributed by atoms with van der Waals surface area (Å²) in [7, 11) is -2.43. The Kier molecular flexibility index (Phi) is 6.07. The van der Waals surface area contributed by atoms with E-state index in [1.807, 2.05) is 0 Å². The van der Waals surface area contributed by atoms with Crippen molar-refractivity contribution < 1.29 is 27.2 Å². The number of hydrogen-bond acceptors (Lipinski definition) is 5. The summed E-state index contributed by atoms with van der Waals surface area (Å²) in [6.07, 6.45) is 0. The van der Waals surface area contributed by atoms with Crippen molar-refractivity contribution >= 4 is 27.9 Å². The summed E-state index contributed by atoms with van der Waals surface area (Å²) in [5.74, 6) is -1.66. The summed E-state index contributed by atoms with van der Waals surface area (Å²) in [5, 5.41) is 7.72. The van der Waals surface area contributed by atoms with E-state index in [9.17, 15) is 27.2 Å². The number of primary sulfonamides is 1. The van der Waals surface area contributed by atoms with Crippen LogP contribution in [-0.2, 0) is 25.2 Å². The monoisotopic (exact) mass is 462 g/mol. The van der Waals surface area contributed by atoms with Gasteiger partial charge in [-0.2, -0.15) is 0 Å². The molecule has 2 atom stereocenters. The minimum absolute atomic E-state index is 0.0909. The fourth-order valence-corrected chi connectivity index (χ4v) is 4.03. The van der Waals surface area contributed by atoms with Crippen LogP contribution in [0.2, 0.25) is 0 Å². The molecule has 1 aliphatic heterocycles. The molecule has 1 heterocycles. The predicted molar refractivity (Wildman–Crippen MR) is 113 cm³/mol. The average Bonchev–Trinajstić information content (AvgIpc) is 2.96. The van der Waals surface area contributed by atoms with Crippen molar-refractivity contribution in [3.8, 4) is 0 Å². The molecule has 4 amide bonds. The van der Waals surface area contributed by atoms with Gasteiger partial charge in [0.15, 0.2) is 0 Å². The molecule has 170 valence electrons. The molecule has 3 N–H and O–H groups in total. The normalized spacial score (nSPS) is 19.6. The van der Waals surface area contributed by atoms with Crippen LogP contribution in [0.25, 0.3) is 0 Å². The highest BCUT2D eigenvalue weighted by Gasteiger charge is 2.49. The summed E-state index contributed by atoms with van der Waals surface area (Å²) >= 11 is 0. The van der Waals surface area contributed by atoms with E-state index in [0.717, 1.165) is 4.90 Å². The van der Waals surface area contributed by atoms with Gasteiger partial charge in [0, 0.05) is 7.05 Å². The number of benzene rings is 2. The maximum atomic E-state index is 13.2. The first-order valence-electron chi connectivity index (χ1n) is 9.63. The van der Waals surface area contributed by atoms with Crippen LogP contribution in [-0.4, -0.2) is 49.7 Å². The van der Waals surface area contributed by atoms with Gasteiger partial charge < -0.3 is 10.2 Å². The van der Waals surface area contributed by atoms with Gasteiger partial charge in [0.05, 0.1) is 10.9 Å². The van der Waals surface area contributed by atoms with E-state index in [1.165, 1.54) is 61.3 Å². The van der Waals surface area contributed by atoms with Crippen LogP contribution in [0.1, 0.15) is 31.0 Å². The number of imide groups is 1. The largest absolute Gasteiger partial charge is 0.337 e. The van der Waals surface area contributed by atoms with Crippen LogP contribution >= 0.6 is 0 Å². The maximum Gasteiger partial charge on any atom is 0.325 e. The number of nitrogens with two attached hydrogens (primary N) is 1. The van der Waals surface area contributed by atoms with Crippen LogP contribution < -0.4 is 10.5 Å². The van der Waals surface area contributed by atoms with E-state index < -0.39 is 51.8 Å². The molecule has 2 aromatic rings. The molecule has 11 heteroatoms. The minimum atomic E-state index is -3.91.